The Morgan fingerprint density at radius 2 is 1.95 bits per heavy atom. The first kappa shape index (κ1) is 15.7. The van der Waals surface area contributed by atoms with Crippen molar-refractivity contribution in [3.05, 3.63) is 34.3 Å². The number of carboxylic acid groups (broad SMARTS) is 1. The molecule has 1 amide bonds. The average molecular weight is 328 g/mol. The number of hydrogen-bond acceptors (Lipinski definition) is 2. The Balaban J connectivity index is 2.38. The summed E-state index contributed by atoms with van der Waals surface area (Å²) in [5.74, 6) is -0.911. The molecule has 5 heteroatoms. The highest BCUT2D eigenvalue weighted by Gasteiger charge is 2.12. The van der Waals surface area contributed by atoms with Crippen LogP contribution in [0.1, 0.15) is 25.3 Å². The topological polar surface area (TPSA) is 66.4 Å². The fraction of sp³-hybridized carbons (Fsp3) is 0.429. The first-order chi connectivity index (χ1) is 9.01. The van der Waals surface area contributed by atoms with Crippen LogP contribution in [0.3, 0.4) is 0 Å². The summed E-state index contributed by atoms with van der Waals surface area (Å²) in [6.45, 7) is 2.34. The predicted octanol–water partition coefficient (Wildman–Crippen LogP) is 2.61. The molecule has 0 bridgehead atoms. The molecule has 1 rings (SSSR count). The number of hydrogen-bond donors (Lipinski definition) is 2. The van der Waals surface area contributed by atoms with Crippen molar-refractivity contribution >= 4 is 27.8 Å². The Kier molecular flexibility index (Phi) is 6.56. The number of nitrogens with one attached hydrogen (secondary N) is 1. The fourth-order valence-corrected chi connectivity index (χ4v) is 1.98. The summed E-state index contributed by atoms with van der Waals surface area (Å²) < 4.78 is 0.976. The van der Waals surface area contributed by atoms with E-state index in [1.165, 1.54) is 0 Å². The lowest BCUT2D eigenvalue weighted by Gasteiger charge is -2.13. The number of amides is 1. The molecule has 0 radical (unpaired) electrons. The van der Waals surface area contributed by atoms with Gasteiger partial charge in [-0.15, -0.1) is 0 Å². The Morgan fingerprint density at radius 1 is 1.32 bits per heavy atom. The van der Waals surface area contributed by atoms with Crippen LogP contribution in [-0.2, 0) is 16.0 Å². The van der Waals surface area contributed by atoms with E-state index in [1.54, 1.807) is 0 Å². The van der Waals surface area contributed by atoms with Crippen molar-refractivity contribution in [1.82, 2.24) is 5.32 Å². The van der Waals surface area contributed by atoms with Crippen LogP contribution in [0.25, 0.3) is 0 Å². The normalized spacial score (nSPS) is 11.9. The average Bonchev–Trinajstić information content (AvgIpc) is 2.37. The van der Waals surface area contributed by atoms with Crippen molar-refractivity contribution in [2.45, 2.75) is 26.2 Å². The molecule has 0 saturated carbocycles. The smallest absolute Gasteiger partial charge is 0.303 e. The molecule has 0 saturated heterocycles. The monoisotopic (exact) mass is 327 g/mol. The summed E-state index contributed by atoms with van der Waals surface area (Å²) in [7, 11) is 0. The van der Waals surface area contributed by atoms with Crippen LogP contribution in [0.4, 0.5) is 0 Å². The van der Waals surface area contributed by atoms with Crippen LogP contribution >= 0.6 is 15.9 Å². The maximum Gasteiger partial charge on any atom is 0.303 e. The van der Waals surface area contributed by atoms with Gasteiger partial charge in [-0.1, -0.05) is 41.4 Å². The van der Waals surface area contributed by atoms with E-state index in [9.17, 15) is 9.59 Å². The van der Waals surface area contributed by atoms with Gasteiger partial charge in [0.25, 0.3) is 0 Å². The number of benzene rings is 1. The molecule has 104 valence electrons. The standard InChI is InChI=1S/C14H18BrNO3/c1-2-10(8-14(18)19)9-16-13(17)7-11-3-5-12(15)6-4-11/h3-6,10H,2,7-9H2,1H3,(H,16,17)(H,18,19). The van der Waals surface area contributed by atoms with Crippen LogP contribution in [0.2, 0.25) is 0 Å². The largest absolute Gasteiger partial charge is 0.481 e. The molecule has 1 unspecified atom stereocenters. The molecule has 4 nitrogen and oxygen atoms in total. The molecule has 1 atom stereocenters. The molecule has 2 N–H and O–H groups in total. The van der Waals surface area contributed by atoms with Gasteiger partial charge in [0.2, 0.25) is 5.91 Å². The Morgan fingerprint density at radius 3 is 2.47 bits per heavy atom. The number of carboxylic acids is 1. The number of rotatable bonds is 7. The van der Waals surface area contributed by atoms with Crippen LogP contribution in [0.5, 0.6) is 0 Å². The highest BCUT2D eigenvalue weighted by atomic mass is 79.9. The summed E-state index contributed by atoms with van der Waals surface area (Å²) in [4.78, 5) is 22.4. The van der Waals surface area contributed by atoms with Crippen LogP contribution < -0.4 is 5.32 Å². The first-order valence-corrected chi connectivity index (χ1v) is 7.03. The molecule has 1 aromatic carbocycles. The van der Waals surface area contributed by atoms with Crippen molar-refractivity contribution in [3.63, 3.8) is 0 Å². The van der Waals surface area contributed by atoms with E-state index in [0.717, 1.165) is 16.5 Å². The zero-order valence-corrected chi connectivity index (χ0v) is 12.4. The van der Waals surface area contributed by atoms with E-state index in [1.807, 2.05) is 31.2 Å². The molecule has 0 spiro atoms. The van der Waals surface area contributed by atoms with Crippen LogP contribution in [0, 0.1) is 5.92 Å². The number of carbonyl (C=O) groups is 2. The minimum Gasteiger partial charge on any atom is -0.481 e. The summed E-state index contributed by atoms with van der Waals surface area (Å²) in [5.41, 5.74) is 0.937. The third-order valence-corrected chi connectivity index (χ3v) is 3.44. The van der Waals surface area contributed by atoms with Crippen molar-refractivity contribution in [3.8, 4) is 0 Å². The quantitative estimate of drug-likeness (QED) is 0.808. The van der Waals surface area contributed by atoms with E-state index in [4.69, 9.17) is 5.11 Å². The maximum atomic E-state index is 11.7. The van der Waals surface area contributed by atoms with E-state index < -0.39 is 5.97 Å². The van der Waals surface area contributed by atoms with Crippen LogP contribution in [0.15, 0.2) is 28.7 Å². The van der Waals surface area contributed by atoms with E-state index in [-0.39, 0.29) is 18.2 Å². The van der Waals surface area contributed by atoms with E-state index in [0.29, 0.717) is 13.0 Å². The summed E-state index contributed by atoms with van der Waals surface area (Å²) >= 11 is 3.34. The number of carbonyl (C=O) groups excluding carboxylic acids is 1. The molecule has 0 aliphatic heterocycles. The summed E-state index contributed by atoms with van der Waals surface area (Å²) in [6.07, 6.45) is 1.15. The number of aliphatic carboxylic acids is 1. The van der Waals surface area contributed by atoms with Crippen molar-refractivity contribution in [1.29, 1.82) is 0 Å². The fourth-order valence-electron chi connectivity index (χ4n) is 1.72. The lowest BCUT2D eigenvalue weighted by Crippen LogP contribution is -2.31. The molecule has 0 aromatic heterocycles. The Labute approximate surface area is 121 Å². The van der Waals surface area contributed by atoms with Crippen molar-refractivity contribution < 1.29 is 14.7 Å². The van der Waals surface area contributed by atoms with Gasteiger partial charge in [-0.3, -0.25) is 9.59 Å². The minimum atomic E-state index is -0.825. The van der Waals surface area contributed by atoms with Crippen LogP contribution in [-0.4, -0.2) is 23.5 Å². The number of halogens is 1. The van der Waals surface area contributed by atoms with Crippen molar-refractivity contribution in [2.24, 2.45) is 5.92 Å². The molecular weight excluding hydrogens is 310 g/mol. The van der Waals surface area contributed by atoms with Gasteiger partial charge in [-0.25, -0.2) is 0 Å². The van der Waals surface area contributed by atoms with Gasteiger partial charge in [0.1, 0.15) is 0 Å². The van der Waals surface area contributed by atoms with E-state index >= 15 is 0 Å². The van der Waals surface area contributed by atoms with Gasteiger partial charge >= 0.3 is 5.97 Å². The lowest BCUT2D eigenvalue weighted by atomic mass is 10.0. The van der Waals surface area contributed by atoms with Gasteiger partial charge in [-0.2, -0.15) is 0 Å². The molecule has 0 aliphatic carbocycles. The zero-order valence-electron chi connectivity index (χ0n) is 10.9. The molecule has 0 fully saturated rings. The second kappa shape index (κ2) is 7.94. The molecule has 0 heterocycles. The molecular formula is C14H18BrNO3. The predicted molar refractivity (Wildman–Crippen MR) is 76.9 cm³/mol. The Hall–Kier alpha value is -1.36. The highest BCUT2D eigenvalue weighted by Crippen LogP contribution is 2.11. The summed E-state index contributed by atoms with van der Waals surface area (Å²) in [5, 5.41) is 11.5. The SMILES string of the molecule is CCC(CNC(=O)Cc1ccc(Br)cc1)CC(=O)O. The van der Waals surface area contributed by atoms with Gasteiger partial charge in [0, 0.05) is 17.4 Å². The Bertz CT molecular complexity index is 431. The second-order valence-electron chi connectivity index (χ2n) is 4.48. The zero-order chi connectivity index (χ0) is 14.3. The van der Waals surface area contributed by atoms with E-state index in [2.05, 4.69) is 21.2 Å². The van der Waals surface area contributed by atoms with Gasteiger partial charge in [-0.05, 0) is 23.6 Å². The third kappa shape index (κ3) is 6.38. The third-order valence-electron chi connectivity index (χ3n) is 2.91. The van der Waals surface area contributed by atoms with Gasteiger partial charge in [0.15, 0.2) is 0 Å². The summed E-state index contributed by atoms with van der Waals surface area (Å²) in [6, 6.07) is 7.56. The maximum absolute atomic E-state index is 11.7. The minimum absolute atomic E-state index is 0.00799. The lowest BCUT2D eigenvalue weighted by molar-refractivity contribution is -0.138. The highest BCUT2D eigenvalue weighted by molar-refractivity contribution is 9.10. The molecule has 1 aromatic rings. The van der Waals surface area contributed by atoms with Gasteiger partial charge < -0.3 is 10.4 Å². The second-order valence-corrected chi connectivity index (χ2v) is 5.40. The first-order valence-electron chi connectivity index (χ1n) is 6.24. The van der Waals surface area contributed by atoms with Gasteiger partial charge in [0.05, 0.1) is 6.42 Å². The molecule has 19 heavy (non-hydrogen) atoms. The molecule has 0 aliphatic rings. The van der Waals surface area contributed by atoms with Crippen molar-refractivity contribution in [2.75, 3.05) is 6.54 Å².